The second-order valence-electron chi connectivity index (χ2n) is 9.11. The molecule has 2 aliphatic heterocycles. The van der Waals surface area contributed by atoms with E-state index in [4.69, 9.17) is 0 Å². The van der Waals surface area contributed by atoms with Crippen LogP contribution in [0.1, 0.15) is 60.8 Å². The average molecular weight is 547 g/mol. The molecule has 6 nitrogen and oxygen atoms in total. The number of aryl methyl sites for hydroxylation is 2. The van der Waals surface area contributed by atoms with Gasteiger partial charge in [0.1, 0.15) is 0 Å². The predicted octanol–water partition coefficient (Wildman–Crippen LogP) is 7.18. The minimum absolute atomic E-state index is 0.311. The maximum atomic E-state index is 4.49. The van der Waals surface area contributed by atoms with Crippen LogP contribution >= 0.6 is 0 Å². The Labute approximate surface area is 207 Å². The van der Waals surface area contributed by atoms with E-state index >= 15 is 0 Å². The van der Waals surface area contributed by atoms with Crippen LogP contribution in [0.3, 0.4) is 0 Å². The molecule has 0 spiro atoms. The van der Waals surface area contributed by atoms with Gasteiger partial charge < -0.3 is 0 Å². The van der Waals surface area contributed by atoms with Crippen LogP contribution in [0.4, 0.5) is 0 Å². The van der Waals surface area contributed by atoms with Gasteiger partial charge in [-0.3, -0.25) is 0 Å². The molecule has 0 aliphatic carbocycles. The van der Waals surface area contributed by atoms with E-state index < -0.39 is 0 Å². The molecule has 2 unspecified atom stereocenters. The molecule has 2 atom stereocenters. The molecule has 2 aromatic rings. The topological polar surface area (TPSA) is 74.2 Å². The first-order chi connectivity index (χ1) is 16.1. The molecule has 170 valence electrons. The van der Waals surface area contributed by atoms with Crippen molar-refractivity contribution >= 4 is 33.6 Å². The van der Waals surface area contributed by atoms with E-state index in [0.29, 0.717) is 0 Å². The standard InChI is InChI=1S/2C13H16N3.Sn/c2*1-3-4-9-13(10-14-16-15-13)12-7-5-11(2)6-8-12;/h2*5-8,10H,1,3-4,9H2,2H3;. The van der Waals surface area contributed by atoms with Gasteiger partial charge in [-0.2, -0.15) is 0 Å². The summed E-state index contributed by atoms with van der Waals surface area (Å²) in [5.74, 6) is 0. The van der Waals surface area contributed by atoms with E-state index in [9.17, 15) is 0 Å². The van der Waals surface area contributed by atoms with Gasteiger partial charge in [0.25, 0.3) is 0 Å². The van der Waals surface area contributed by atoms with Crippen LogP contribution in [0.5, 0.6) is 0 Å². The summed E-state index contributed by atoms with van der Waals surface area (Å²) in [4.78, 5) is 0. The summed E-state index contributed by atoms with van der Waals surface area (Å²) in [6.07, 6.45) is 10.8. The number of hydrogen-bond acceptors (Lipinski definition) is 6. The van der Waals surface area contributed by atoms with Gasteiger partial charge >= 0.3 is 208 Å². The zero-order valence-corrected chi connectivity index (χ0v) is 22.5. The van der Waals surface area contributed by atoms with Crippen molar-refractivity contribution in [1.82, 2.24) is 0 Å². The number of nitrogens with zero attached hydrogens (tertiary/aromatic N) is 6. The van der Waals surface area contributed by atoms with Crippen molar-refractivity contribution in [2.45, 2.75) is 72.3 Å². The Hall–Kier alpha value is -2.22. The number of hydrogen-bond donors (Lipinski definition) is 0. The normalized spacial score (nSPS) is 23.1. The molecule has 2 radical (unpaired) electrons. The van der Waals surface area contributed by atoms with Crippen molar-refractivity contribution in [1.29, 1.82) is 0 Å². The van der Waals surface area contributed by atoms with Gasteiger partial charge in [0.15, 0.2) is 0 Å². The van der Waals surface area contributed by atoms with Crippen LogP contribution in [0.2, 0.25) is 8.87 Å². The predicted molar refractivity (Wildman–Crippen MR) is 135 cm³/mol. The van der Waals surface area contributed by atoms with Gasteiger partial charge in [-0.05, 0) is 0 Å². The van der Waals surface area contributed by atoms with E-state index in [1.165, 1.54) is 56.8 Å². The fourth-order valence-corrected chi connectivity index (χ4v) is 7.95. The van der Waals surface area contributed by atoms with Crippen LogP contribution < -0.4 is 0 Å². The van der Waals surface area contributed by atoms with Gasteiger partial charge in [0.2, 0.25) is 0 Å². The van der Waals surface area contributed by atoms with Gasteiger partial charge in [-0.25, -0.2) is 0 Å². The first-order valence-corrected chi connectivity index (χ1v) is 15.9. The molecular weight excluding hydrogens is 515 g/mol. The summed E-state index contributed by atoms with van der Waals surface area (Å²) in [6, 6.07) is 17.3. The van der Waals surface area contributed by atoms with E-state index in [0.717, 1.165) is 12.8 Å². The molecule has 0 bridgehead atoms. The molecule has 0 fully saturated rings. The first-order valence-electron chi connectivity index (χ1n) is 11.9. The Kier molecular flexibility index (Phi) is 8.17. The van der Waals surface area contributed by atoms with Crippen molar-refractivity contribution in [3.8, 4) is 0 Å². The van der Waals surface area contributed by atoms with E-state index in [-0.39, 0.29) is 32.2 Å². The molecule has 0 saturated carbocycles. The maximum absolute atomic E-state index is 4.49. The Morgan fingerprint density at radius 2 is 1.03 bits per heavy atom. The second-order valence-corrected chi connectivity index (χ2v) is 13.4. The molecule has 0 saturated heterocycles. The Morgan fingerprint density at radius 1 is 0.606 bits per heavy atom. The van der Waals surface area contributed by atoms with Gasteiger partial charge in [-0.15, -0.1) is 0 Å². The summed E-state index contributed by atoms with van der Waals surface area (Å²) >= 11 is -0.311. The van der Waals surface area contributed by atoms with Crippen LogP contribution in [0.15, 0.2) is 79.4 Å². The van der Waals surface area contributed by atoms with Gasteiger partial charge in [0.05, 0.1) is 0 Å². The molecular formula is C26H32N6Sn. The zero-order valence-electron chi connectivity index (χ0n) is 19.6. The van der Waals surface area contributed by atoms with Crippen LogP contribution in [0, 0.1) is 13.8 Å². The number of rotatable bonds is 12. The van der Waals surface area contributed by atoms with E-state index in [2.05, 4.69) is 93.3 Å². The second kappa shape index (κ2) is 11.3. The number of unbranched alkanes of at least 4 members (excludes halogenated alkanes) is 2. The van der Waals surface area contributed by atoms with Crippen molar-refractivity contribution in [2.75, 3.05) is 0 Å². The quantitative estimate of drug-likeness (QED) is 0.200. The molecule has 2 aromatic carbocycles. The van der Waals surface area contributed by atoms with Gasteiger partial charge in [-0.1, -0.05) is 0 Å². The average Bonchev–Trinajstić information content (AvgIpc) is 3.50. The fraction of sp³-hybridized carbons (Fsp3) is 0.462. The zero-order chi connectivity index (χ0) is 23.0. The Morgan fingerprint density at radius 3 is 1.39 bits per heavy atom. The van der Waals surface area contributed by atoms with Gasteiger partial charge in [0, 0.05) is 0 Å². The Balaban J connectivity index is 1.15. The van der Waals surface area contributed by atoms with Crippen molar-refractivity contribution in [3.63, 3.8) is 0 Å². The molecule has 4 rings (SSSR count). The van der Waals surface area contributed by atoms with Crippen molar-refractivity contribution in [2.24, 2.45) is 30.9 Å². The summed E-state index contributed by atoms with van der Waals surface area (Å²) in [6.45, 7) is 4.22. The molecule has 0 aromatic heterocycles. The molecule has 33 heavy (non-hydrogen) atoms. The van der Waals surface area contributed by atoms with Crippen molar-refractivity contribution < 1.29 is 0 Å². The monoisotopic (exact) mass is 548 g/mol. The third-order valence-corrected chi connectivity index (χ3v) is 10.6. The van der Waals surface area contributed by atoms with E-state index in [1.807, 2.05) is 12.4 Å². The summed E-state index contributed by atoms with van der Waals surface area (Å²) in [5.41, 5.74) is 4.24. The summed E-state index contributed by atoms with van der Waals surface area (Å²) in [5, 5.41) is 25.0. The fourth-order valence-electron chi connectivity index (χ4n) is 4.39. The van der Waals surface area contributed by atoms with Crippen molar-refractivity contribution in [3.05, 3.63) is 70.8 Å². The van der Waals surface area contributed by atoms with Crippen LogP contribution in [-0.2, 0) is 11.1 Å². The molecule has 0 amide bonds. The molecule has 2 aliphatic rings. The third-order valence-electron chi connectivity index (χ3n) is 6.52. The first kappa shape index (κ1) is 23.9. The minimum atomic E-state index is -0.347. The molecule has 2 heterocycles. The van der Waals surface area contributed by atoms with Crippen LogP contribution in [-0.4, -0.2) is 33.6 Å². The van der Waals surface area contributed by atoms with E-state index in [1.54, 1.807) is 0 Å². The summed E-state index contributed by atoms with van der Waals surface area (Å²) < 4.78 is 2.85. The molecule has 7 heteroatoms. The molecule has 0 N–H and O–H groups in total. The van der Waals surface area contributed by atoms with Crippen LogP contribution in [0.25, 0.3) is 0 Å². The SMILES string of the molecule is Cc1ccc(C2(CCC[CH2][Sn][CH2]CCCC3(c4ccc(C)cc4)C=NN=N3)C=NN=N2)cc1. The summed E-state index contributed by atoms with van der Waals surface area (Å²) in [7, 11) is 0. The third kappa shape index (κ3) is 6.02. The Bertz CT molecular complexity index is 916. The number of benzene rings is 2.